The van der Waals surface area contributed by atoms with Crippen LogP contribution in [0.25, 0.3) is 0 Å². The molecule has 4 aliphatic carbocycles. The van der Waals surface area contributed by atoms with Crippen molar-refractivity contribution in [2.45, 2.75) is 117 Å². The molecule has 2 N–H and O–H groups in total. The van der Waals surface area contributed by atoms with Gasteiger partial charge in [0.05, 0.1) is 12.2 Å². The Bertz CT molecular complexity index is 661. The number of carbonyl (C=O) groups excluding carboxylic acids is 1. The maximum absolute atomic E-state index is 11.8. The van der Waals surface area contributed by atoms with E-state index in [0.717, 1.165) is 44.4 Å². The van der Waals surface area contributed by atoms with Crippen LogP contribution in [0.1, 0.15) is 105 Å². The minimum atomic E-state index is -0.199. The van der Waals surface area contributed by atoms with E-state index >= 15 is 0 Å². The third-order valence-corrected chi connectivity index (χ3v) is 11.3. The van der Waals surface area contributed by atoms with Crippen LogP contribution in [0, 0.1) is 52.3 Å². The quantitative estimate of drug-likeness (QED) is 0.540. The summed E-state index contributed by atoms with van der Waals surface area (Å²) >= 11 is 0. The number of hydrogen-bond acceptors (Lipinski definition) is 3. The normalized spacial score (nSPS) is 50.3. The zero-order valence-corrected chi connectivity index (χ0v) is 20.8. The maximum atomic E-state index is 11.8. The first-order chi connectivity index (χ1) is 14.6. The molecule has 11 atom stereocenters. The Morgan fingerprint density at radius 2 is 1.68 bits per heavy atom. The third kappa shape index (κ3) is 3.84. The van der Waals surface area contributed by atoms with Gasteiger partial charge < -0.3 is 15.0 Å². The molecule has 3 heteroatoms. The highest BCUT2D eigenvalue weighted by Crippen LogP contribution is 2.69. The lowest BCUT2D eigenvalue weighted by Gasteiger charge is -2.64. The molecule has 0 amide bonds. The molecule has 4 aliphatic rings. The van der Waals surface area contributed by atoms with Crippen LogP contribution in [0.3, 0.4) is 0 Å². The van der Waals surface area contributed by atoms with Crippen molar-refractivity contribution in [1.82, 2.24) is 0 Å². The van der Waals surface area contributed by atoms with E-state index in [1.807, 2.05) is 0 Å². The van der Waals surface area contributed by atoms with E-state index in [1.165, 1.54) is 32.1 Å². The summed E-state index contributed by atoms with van der Waals surface area (Å²) in [6.07, 6.45) is 11.7. The smallest absolute Gasteiger partial charge is 0.129 e. The molecule has 0 bridgehead atoms. The average molecular weight is 433 g/mol. The highest BCUT2D eigenvalue weighted by atomic mass is 16.3. The molecule has 31 heavy (non-hydrogen) atoms. The van der Waals surface area contributed by atoms with Gasteiger partial charge in [-0.05, 0) is 111 Å². The first-order valence-electron chi connectivity index (χ1n) is 13.5. The predicted octanol–water partition coefficient (Wildman–Crippen LogP) is 6.01. The van der Waals surface area contributed by atoms with Gasteiger partial charge in [-0.25, -0.2) is 0 Å². The fourth-order valence-corrected chi connectivity index (χ4v) is 9.81. The van der Waals surface area contributed by atoms with Gasteiger partial charge in [0.2, 0.25) is 0 Å². The van der Waals surface area contributed by atoms with Crippen molar-refractivity contribution in [3.8, 4) is 0 Å². The van der Waals surface area contributed by atoms with E-state index in [-0.39, 0.29) is 17.6 Å². The Labute approximate surface area is 190 Å². The molecule has 3 unspecified atom stereocenters. The van der Waals surface area contributed by atoms with E-state index in [0.29, 0.717) is 46.7 Å². The van der Waals surface area contributed by atoms with Gasteiger partial charge >= 0.3 is 0 Å². The average Bonchev–Trinajstić information content (AvgIpc) is 3.06. The summed E-state index contributed by atoms with van der Waals surface area (Å²) in [5, 5.41) is 22.2. The standard InChI is InChI=1S/C28H48O3/c1-6-20-24-16-19(30)12-14-28(24,5)23-13-15-27(4)21(17(2)8-7-9-18(3)29)10-11-22(27)25(23)26(20)31/h17,19-26,30-31H,6-16H2,1-5H3/t17-,19-,20-,21-,22+,23+,24?,25-,26-,27?,28?/m1/s1. The van der Waals surface area contributed by atoms with E-state index in [1.54, 1.807) is 6.92 Å². The summed E-state index contributed by atoms with van der Waals surface area (Å²) in [5.74, 6) is 4.24. The first-order valence-corrected chi connectivity index (χ1v) is 13.5. The van der Waals surface area contributed by atoms with Crippen molar-refractivity contribution in [1.29, 1.82) is 0 Å². The lowest BCUT2D eigenvalue weighted by atomic mass is 9.41. The Kier molecular flexibility index (Phi) is 6.70. The molecule has 3 nitrogen and oxygen atoms in total. The lowest BCUT2D eigenvalue weighted by molar-refractivity contribution is -0.203. The van der Waals surface area contributed by atoms with Crippen LogP contribution in [-0.2, 0) is 4.79 Å². The Morgan fingerprint density at radius 3 is 2.35 bits per heavy atom. The number of Topliss-reactive ketones (excluding diaryl/α,β-unsaturated/α-hetero) is 1. The summed E-state index contributed by atoms with van der Waals surface area (Å²) < 4.78 is 0. The van der Waals surface area contributed by atoms with Gasteiger partial charge in [0.15, 0.2) is 0 Å². The molecule has 178 valence electrons. The van der Waals surface area contributed by atoms with E-state index in [2.05, 4.69) is 27.7 Å². The summed E-state index contributed by atoms with van der Waals surface area (Å²) in [7, 11) is 0. The molecule has 0 heterocycles. The fourth-order valence-electron chi connectivity index (χ4n) is 9.81. The van der Waals surface area contributed by atoms with Gasteiger partial charge in [-0.2, -0.15) is 0 Å². The summed E-state index contributed by atoms with van der Waals surface area (Å²) in [6.45, 7) is 11.5. The number of fused-ring (bicyclic) bond motifs is 5. The van der Waals surface area contributed by atoms with Crippen molar-refractivity contribution in [3.05, 3.63) is 0 Å². The Balaban J connectivity index is 1.57. The van der Waals surface area contributed by atoms with Crippen molar-refractivity contribution >= 4 is 5.78 Å². The molecule has 0 saturated heterocycles. The number of aliphatic hydroxyl groups is 2. The monoisotopic (exact) mass is 432 g/mol. The summed E-state index contributed by atoms with van der Waals surface area (Å²) in [5.41, 5.74) is 0.629. The zero-order valence-electron chi connectivity index (χ0n) is 20.8. The number of rotatable bonds is 6. The molecule has 0 radical (unpaired) electrons. The maximum Gasteiger partial charge on any atom is 0.129 e. The van der Waals surface area contributed by atoms with Crippen LogP contribution in [0.4, 0.5) is 0 Å². The topological polar surface area (TPSA) is 57.5 Å². The SMILES string of the molecule is CC[C@@H]1C2C[C@H](O)CCC2(C)[C@H]2CCC3(C)[C@@H]([C@H](C)CCCC(C)=O)CC[C@H]3[C@H]2[C@@H]1O. The molecule has 4 rings (SSSR count). The predicted molar refractivity (Wildman–Crippen MR) is 125 cm³/mol. The number of hydrogen-bond donors (Lipinski definition) is 2. The molecule has 0 aliphatic heterocycles. The van der Waals surface area contributed by atoms with Crippen molar-refractivity contribution in [2.75, 3.05) is 0 Å². The minimum Gasteiger partial charge on any atom is -0.393 e. The van der Waals surface area contributed by atoms with Crippen LogP contribution >= 0.6 is 0 Å². The van der Waals surface area contributed by atoms with E-state index < -0.39 is 0 Å². The van der Waals surface area contributed by atoms with Gasteiger partial charge in [0, 0.05) is 6.42 Å². The second-order valence-electron chi connectivity index (χ2n) is 12.7. The molecule has 4 saturated carbocycles. The number of aliphatic hydroxyl groups excluding tert-OH is 2. The van der Waals surface area contributed by atoms with E-state index in [4.69, 9.17) is 0 Å². The minimum absolute atomic E-state index is 0.170. The largest absolute Gasteiger partial charge is 0.393 e. The Morgan fingerprint density at radius 1 is 1.00 bits per heavy atom. The van der Waals surface area contributed by atoms with Gasteiger partial charge in [0.1, 0.15) is 5.78 Å². The molecule has 0 aromatic carbocycles. The second kappa shape index (κ2) is 8.75. The van der Waals surface area contributed by atoms with Crippen LogP contribution in [0.5, 0.6) is 0 Å². The van der Waals surface area contributed by atoms with Crippen molar-refractivity contribution < 1.29 is 15.0 Å². The van der Waals surface area contributed by atoms with Crippen LogP contribution in [0.2, 0.25) is 0 Å². The number of ketones is 1. The fraction of sp³-hybridized carbons (Fsp3) is 0.964. The summed E-state index contributed by atoms with van der Waals surface area (Å²) in [4.78, 5) is 11.4. The highest BCUT2D eigenvalue weighted by Gasteiger charge is 2.64. The van der Waals surface area contributed by atoms with Crippen molar-refractivity contribution in [3.63, 3.8) is 0 Å². The molecule has 4 fully saturated rings. The van der Waals surface area contributed by atoms with Crippen LogP contribution in [-0.4, -0.2) is 28.2 Å². The molecular formula is C28H48O3. The summed E-state index contributed by atoms with van der Waals surface area (Å²) in [6, 6.07) is 0. The van der Waals surface area contributed by atoms with Crippen LogP contribution < -0.4 is 0 Å². The van der Waals surface area contributed by atoms with Gasteiger partial charge in [-0.1, -0.05) is 40.5 Å². The molecule has 0 aromatic heterocycles. The zero-order chi connectivity index (χ0) is 22.6. The van der Waals surface area contributed by atoms with Crippen molar-refractivity contribution in [2.24, 2.45) is 52.3 Å². The third-order valence-electron chi connectivity index (χ3n) is 11.3. The van der Waals surface area contributed by atoms with E-state index in [9.17, 15) is 15.0 Å². The van der Waals surface area contributed by atoms with Gasteiger partial charge in [-0.3, -0.25) is 0 Å². The van der Waals surface area contributed by atoms with Gasteiger partial charge in [-0.15, -0.1) is 0 Å². The second-order valence-corrected chi connectivity index (χ2v) is 12.7. The van der Waals surface area contributed by atoms with Gasteiger partial charge in [0.25, 0.3) is 0 Å². The molecule has 0 spiro atoms. The number of carbonyl (C=O) groups is 1. The molecule has 0 aromatic rings. The lowest BCUT2D eigenvalue weighted by Crippen LogP contribution is -2.62. The molecular weight excluding hydrogens is 384 g/mol. The van der Waals surface area contributed by atoms with Crippen LogP contribution in [0.15, 0.2) is 0 Å². The highest BCUT2D eigenvalue weighted by molar-refractivity contribution is 5.75. The first kappa shape index (κ1) is 23.7. The Hall–Kier alpha value is -0.410.